The van der Waals surface area contributed by atoms with Crippen molar-refractivity contribution in [2.75, 3.05) is 14.1 Å². The minimum absolute atomic E-state index is 0.0817. The number of halogens is 1. The summed E-state index contributed by atoms with van der Waals surface area (Å²) in [6, 6.07) is 40.6. The van der Waals surface area contributed by atoms with E-state index in [1.807, 2.05) is 87.5 Å². The van der Waals surface area contributed by atoms with Crippen LogP contribution in [0, 0.1) is 0 Å². The summed E-state index contributed by atoms with van der Waals surface area (Å²) in [5, 5.41) is 0. The third-order valence-electron chi connectivity index (χ3n) is 8.84. The molecule has 4 aromatic rings. The monoisotopic (exact) mass is 679 g/mol. The SMILES string of the molecule is CN1[C@@H](c2ccccc2)[C@H](c2ccccc2)N(C)C12O[C@@H](/C(Br)=C/c1ccccc1)[C@H](C(=O)OC(C)(C)C)N2Cc1ccccc1. The molecular weight excluding hydrogens is 638 g/mol. The summed E-state index contributed by atoms with van der Waals surface area (Å²) < 4.78 is 14.3. The fraction of sp³-hybridized carbons (Fsp3) is 0.308. The summed E-state index contributed by atoms with van der Waals surface area (Å²) in [4.78, 5) is 21.2. The van der Waals surface area contributed by atoms with Gasteiger partial charge in [-0.3, -0.25) is 4.79 Å². The molecule has 0 aromatic heterocycles. The van der Waals surface area contributed by atoms with E-state index in [0.29, 0.717) is 6.54 Å². The lowest BCUT2D eigenvalue weighted by molar-refractivity contribution is -0.260. The van der Waals surface area contributed by atoms with E-state index in [2.05, 4.69) is 105 Å². The first-order chi connectivity index (χ1) is 22.1. The number of carbonyl (C=O) groups excluding carboxylic acids is 1. The van der Waals surface area contributed by atoms with E-state index in [1.165, 1.54) is 11.1 Å². The summed E-state index contributed by atoms with van der Waals surface area (Å²) in [6.07, 6.45) is 1.38. The minimum atomic E-state index is -1.12. The van der Waals surface area contributed by atoms with E-state index in [9.17, 15) is 4.79 Å². The maximum Gasteiger partial charge on any atom is 0.327 e. The maximum atomic E-state index is 14.5. The molecule has 2 fully saturated rings. The molecule has 2 aliphatic rings. The Morgan fingerprint density at radius 3 is 1.72 bits per heavy atom. The van der Waals surface area contributed by atoms with Crippen molar-refractivity contribution in [1.29, 1.82) is 0 Å². The Morgan fingerprint density at radius 2 is 1.24 bits per heavy atom. The van der Waals surface area contributed by atoms with Crippen LogP contribution >= 0.6 is 15.9 Å². The van der Waals surface area contributed by atoms with Crippen LogP contribution in [0.3, 0.4) is 0 Å². The molecule has 6 rings (SSSR count). The van der Waals surface area contributed by atoms with E-state index in [0.717, 1.165) is 15.6 Å². The number of ether oxygens (including phenoxy) is 2. The van der Waals surface area contributed by atoms with Crippen LogP contribution < -0.4 is 0 Å². The minimum Gasteiger partial charge on any atom is -0.459 e. The summed E-state index contributed by atoms with van der Waals surface area (Å²) in [5.41, 5.74) is 3.74. The molecule has 4 atom stereocenters. The van der Waals surface area contributed by atoms with Gasteiger partial charge in [-0.25, -0.2) is 14.7 Å². The number of benzene rings is 4. The molecule has 0 bridgehead atoms. The van der Waals surface area contributed by atoms with Crippen molar-refractivity contribution in [1.82, 2.24) is 14.7 Å². The van der Waals surface area contributed by atoms with Gasteiger partial charge in [0.25, 0.3) is 0 Å². The Balaban J connectivity index is 1.56. The quantitative estimate of drug-likeness (QED) is 0.185. The summed E-state index contributed by atoms with van der Waals surface area (Å²) in [7, 11) is 4.22. The lowest BCUT2D eigenvalue weighted by atomic mass is 9.93. The van der Waals surface area contributed by atoms with E-state index in [-0.39, 0.29) is 18.1 Å². The van der Waals surface area contributed by atoms with Gasteiger partial charge in [0.05, 0.1) is 12.1 Å². The second-order valence-corrected chi connectivity index (χ2v) is 14.0. The molecule has 0 saturated carbocycles. The van der Waals surface area contributed by atoms with Crippen molar-refractivity contribution in [3.63, 3.8) is 0 Å². The molecule has 46 heavy (non-hydrogen) atoms. The van der Waals surface area contributed by atoms with Crippen LogP contribution in [0.5, 0.6) is 0 Å². The highest BCUT2D eigenvalue weighted by molar-refractivity contribution is 9.11. The predicted molar refractivity (Wildman–Crippen MR) is 186 cm³/mol. The van der Waals surface area contributed by atoms with Crippen molar-refractivity contribution in [3.05, 3.63) is 148 Å². The largest absolute Gasteiger partial charge is 0.459 e. The number of rotatable bonds is 7. The molecule has 7 heteroatoms. The standard InChI is InChI=1S/C39H42BrN3O3/c1-38(2,3)46-37(44)35-36(32(40)26-28-18-10-6-11-19-28)45-39(43(35)27-29-20-12-7-13-21-29)41(4)33(30-22-14-8-15-23-30)34(42(39)5)31-24-16-9-17-25-31/h6-26,33-36H,27H2,1-5H3/b32-26-/t33-,34-,35+,36-/m0/s1. The van der Waals surface area contributed by atoms with E-state index >= 15 is 0 Å². The average molecular weight is 681 g/mol. The van der Waals surface area contributed by atoms with Gasteiger partial charge in [-0.2, -0.15) is 0 Å². The third kappa shape index (κ3) is 6.23. The van der Waals surface area contributed by atoms with Gasteiger partial charge in [-0.1, -0.05) is 137 Å². The highest BCUT2D eigenvalue weighted by Gasteiger charge is 2.68. The zero-order valence-electron chi connectivity index (χ0n) is 27.1. The molecule has 0 unspecified atom stereocenters. The molecule has 2 aliphatic heterocycles. The first-order valence-electron chi connectivity index (χ1n) is 15.8. The zero-order valence-corrected chi connectivity index (χ0v) is 28.7. The smallest absolute Gasteiger partial charge is 0.327 e. The van der Waals surface area contributed by atoms with Crippen LogP contribution in [0.15, 0.2) is 126 Å². The predicted octanol–water partition coefficient (Wildman–Crippen LogP) is 8.00. The molecule has 0 N–H and O–H groups in total. The molecule has 0 radical (unpaired) electrons. The first kappa shape index (κ1) is 32.4. The number of esters is 1. The maximum absolute atomic E-state index is 14.5. The first-order valence-corrected chi connectivity index (χ1v) is 16.6. The highest BCUT2D eigenvalue weighted by Crippen LogP contribution is 2.56. The van der Waals surface area contributed by atoms with Gasteiger partial charge in [-0.05, 0) is 63.2 Å². The molecule has 0 amide bonds. The summed E-state index contributed by atoms with van der Waals surface area (Å²) >= 11 is 3.90. The van der Waals surface area contributed by atoms with Crippen LogP contribution in [0.2, 0.25) is 0 Å². The molecule has 4 aromatic carbocycles. The van der Waals surface area contributed by atoms with Gasteiger partial charge in [0.15, 0.2) is 0 Å². The summed E-state index contributed by atoms with van der Waals surface area (Å²) in [6.45, 7) is 6.19. The van der Waals surface area contributed by atoms with Gasteiger partial charge in [0, 0.05) is 11.0 Å². The number of carbonyl (C=O) groups is 1. The fourth-order valence-electron chi connectivity index (χ4n) is 6.96. The van der Waals surface area contributed by atoms with Gasteiger partial charge < -0.3 is 9.47 Å². The summed E-state index contributed by atoms with van der Waals surface area (Å²) in [5.74, 6) is -1.45. The zero-order chi connectivity index (χ0) is 32.5. The Bertz CT molecular complexity index is 1590. The van der Waals surface area contributed by atoms with Crippen molar-refractivity contribution in [2.24, 2.45) is 0 Å². The number of hydrogen-bond acceptors (Lipinski definition) is 6. The van der Waals surface area contributed by atoms with Gasteiger partial charge in [0.2, 0.25) is 5.97 Å². The topological polar surface area (TPSA) is 45.3 Å². The molecular formula is C39H42BrN3O3. The Hall–Kier alpha value is -3.59. The van der Waals surface area contributed by atoms with Gasteiger partial charge in [-0.15, -0.1) is 0 Å². The third-order valence-corrected chi connectivity index (χ3v) is 9.52. The Morgan fingerprint density at radius 1 is 0.783 bits per heavy atom. The Kier molecular flexibility index (Phi) is 9.33. The van der Waals surface area contributed by atoms with E-state index in [1.54, 1.807) is 0 Å². The van der Waals surface area contributed by atoms with Gasteiger partial charge >= 0.3 is 5.97 Å². The second kappa shape index (κ2) is 13.3. The van der Waals surface area contributed by atoms with Crippen LogP contribution in [0.4, 0.5) is 0 Å². The van der Waals surface area contributed by atoms with Crippen LogP contribution in [-0.4, -0.2) is 58.5 Å². The van der Waals surface area contributed by atoms with Crippen molar-refractivity contribution in [3.8, 4) is 0 Å². The Labute approximate surface area is 281 Å². The van der Waals surface area contributed by atoms with Crippen molar-refractivity contribution < 1.29 is 14.3 Å². The fourth-order valence-corrected chi connectivity index (χ4v) is 7.57. The van der Waals surface area contributed by atoms with Crippen molar-refractivity contribution >= 4 is 28.0 Å². The molecule has 1 spiro atoms. The van der Waals surface area contributed by atoms with Crippen LogP contribution in [0.25, 0.3) is 6.08 Å². The van der Waals surface area contributed by atoms with Crippen LogP contribution in [-0.2, 0) is 20.8 Å². The lowest BCUT2D eigenvalue weighted by Crippen LogP contribution is -2.63. The second-order valence-electron chi connectivity index (χ2n) is 13.1. The molecule has 238 valence electrons. The molecule has 0 aliphatic carbocycles. The molecule has 6 nitrogen and oxygen atoms in total. The van der Waals surface area contributed by atoms with E-state index in [4.69, 9.17) is 9.47 Å². The number of nitrogens with zero attached hydrogens (tertiary/aromatic N) is 3. The normalized spacial score (nSPS) is 24.0. The number of likely N-dealkylation sites (N-methyl/N-ethyl adjacent to an activating group) is 2. The lowest BCUT2D eigenvalue weighted by Gasteiger charge is -2.44. The van der Waals surface area contributed by atoms with E-state index < -0.39 is 23.7 Å². The van der Waals surface area contributed by atoms with Crippen LogP contribution in [0.1, 0.15) is 55.1 Å². The number of hydrogen-bond donors (Lipinski definition) is 0. The van der Waals surface area contributed by atoms with Gasteiger partial charge in [0.1, 0.15) is 17.7 Å². The molecule has 2 heterocycles. The average Bonchev–Trinajstić information content (AvgIpc) is 3.50. The molecule has 2 saturated heterocycles. The van der Waals surface area contributed by atoms with Crippen molar-refractivity contribution in [2.45, 2.75) is 63.1 Å². The highest BCUT2D eigenvalue weighted by atomic mass is 79.9.